The molecular weight excluding hydrogens is 220 g/mol. The van der Waals surface area contributed by atoms with Crippen LogP contribution in [0.1, 0.15) is 22.3 Å². The molecule has 0 amide bonds. The van der Waals surface area contributed by atoms with Crippen LogP contribution in [-0.2, 0) is 14.3 Å². The van der Waals surface area contributed by atoms with Crippen LogP contribution in [0.15, 0.2) is 36.1 Å². The quantitative estimate of drug-likeness (QED) is 0.444. The third kappa shape index (κ3) is 2.72. The lowest BCUT2D eigenvalue weighted by molar-refractivity contribution is -0.135. The Morgan fingerprint density at radius 2 is 2.06 bits per heavy atom. The first kappa shape index (κ1) is 11.4. The molecule has 1 aliphatic heterocycles. The summed E-state index contributed by atoms with van der Waals surface area (Å²) in [6.45, 7) is 2.29. The van der Waals surface area contributed by atoms with Gasteiger partial charge < -0.3 is 9.47 Å². The fraction of sp³-hybridized carbons (Fsp3) is 0.231. The molecule has 1 saturated heterocycles. The highest BCUT2D eigenvalue weighted by molar-refractivity contribution is 5.92. The van der Waals surface area contributed by atoms with Crippen LogP contribution >= 0.6 is 0 Å². The lowest BCUT2D eigenvalue weighted by Crippen LogP contribution is -2.02. The minimum atomic E-state index is -0.475. The van der Waals surface area contributed by atoms with Crippen molar-refractivity contribution in [3.05, 3.63) is 47.2 Å². The highest BCUT2D eigenvalue weighted by Gasteiger charge is 2.19. The maximum absolute atomic E-state index is 11.6. The van der Waals surface area contributed by atoms with E-state index >= 15 is 0 Å². The summed E-state index contributed by atoms with van der Waals surface area (Å²) in [5.74, 6) is -0.890. The number of ether oxygens (including phenoxy) is 2. The van der Waals surface area contributed by atoms with Gasteiger partial charge >= 0.3 is 11.9 Å². The molecule has 4 nitrogen and oxygen atoms in total. The third-order valence-electron chi connectivity index (χ3n) is 2.46. The van der Waals surface area contributed by atoms with E-state index in [0.717, 1.165) is 5.56 Å². The molecule has 0 aliphatic carbocycles. The van der Waals surface area contributed by atoms with E-state index in [1.54, 1.807) is 12.1 Å². The second kappa shape index (κ2) is 4.82. The van der Waals surface area contributed by atoms with E-state index in [-0.39, 0.29) is 0 Å². The van der Waals surface area contributed by atoms with Crippen LogP contribution < -0.4 is 0 Å². The van der Waals surface area contributed by atoms with Gasteiger partial charge in [0.2, 0.25) is 0 Å². The summed E-state index contributed by atoms with van der Waals surface area (Å²) in [5, 5.41) is 0. The SMILES string of the molecule is Cc1ccc(C(=O)O/C=C2/CCOC2=O)cc1. The van der Waals surface area contributed by atoms with Crippen LogP contribution in [0.4, 0.5) is 0 Å². The van der Waals surface area contributed by atoms with E-state index in [1.807, 2.05) is 19.1 Å². The molecule has 0 N–H and O–H groups in total. The molecule has 0 unspecified atom stereocenters. The number of aryl methyl sites for hydroxylation is 1. The minimum Gasteiger partial charge on any atom is -0.462 e. The summed E-state index contributed by atoms with van der Waals surface area (Å²) < 4.78 is 9.64. The molecular formula is C13H12O4. The fourth-order valence-electron chi connectivity index (χ4n) is 1.44. The van der Waals surface area contributed by atoms with E-state index in [9.17, 15) is 9.59 Å². The van der Waals surface area contributed by atoms with Crippen molar-refractivity contribution in [2.75, 3.05) is 6.61 Å². The van der Waals surface area contributed by atoms with Crippen LogP contribution in [0.3, 0.4) is 0 Å². The molecule has 0 spiro atoms. The van der Waals surface area contributed by atoms with Crippen molar-refractivity contribution in [3.8, 4) is 0 Å². The molecule has 17 heavy (non-hydrogen) atoms. The summed E-state index contributed by atoms with van der Waals surface area (Å²) in [6, 6.07) is 7.02. The highest BCUT2D eigenvalue weighted by atomic mass is 16.5. The first-order chi connectivity index (χ1) is 8.16. The molecule has 0 aromatic heterocycles. The van der Waals surface area contributed by atoms with Gasteiger partial charge in [0.15, 0.2) is 0 Å². The Hall–Kier alpha value is -2.10. The van der Waals surface area contributed by atoms with E-state index in [0.29, 0.717) is 24.2 Å². The number of carbonyl (C=O) groups excluding carboxylic acids is 2. The summed E-state index contributed by atoms with van der Waals surface area (Å²) in [6.07, 6.45) is 1.66. The Morgan fingerprint density at radius 3 is 2.65 bits per heavy atom. The van der Waals surface area contributed by atoms with E-state index in [1.165, 1.54) is 6.26 Å². The van der Waals surface area contributed by atoms with Crippen LogP contribution in [0, 0.1) is 6.92 Å². The summed E-state index contributed by atoms with van der Waals surface area (Å²) >= 11 is 0. The first-order valence-corrected chi connectivity index (χ1v) is 5.30. The maximum Gasteiger partial charge on any atom is 0.342 e. The molecule has 0 atom stereocenters. The van der Waals surface area contributed by atoms with Gasteiger partial charge in [-0.15, -0.1) is 0 Å². The van der Waals surface area contributed by atoms with E-state index in [2.05, 4.69) is 0 Å². The Kier molecular flexibility index (Phi) is 3.23. The molecule has 2 rings (SSSR count). The van der Waals surface area contributed by atoms with Crippen LogP contribution in [0.25, 0.3) is 0 Å². The van der Waals surface area contributed by atoms with E-state index in [4.69, 9.17) is 9.47 Å². The molecule has 1 heterocycles. The molecule has 1 fully saturated rings. The van der Waals surface area contributed by atoms with Gasteiger partial charge in [0.25, 0.3) is 0 Å². The molecule has 1 aromatic carbocycles. The molecule has 0 saturated carbocycles. The van der Waals surface area contributed by atoms with Crippen molar-refractivity contribution < 1.29 is 19.1 Å². The van der Waals surface area contributed by atoms with Gasteiger partial charge in [-0.05, 0) is 19.1 Å². The van der Waals surface area contributed by atoms with Crippen LogP contribution in [0.2, 0.25) is 0 Å². The van der Waals surface area contributed by atoms with Crippen molar-refractivity contribution in [3.63, 3.8) is 0 Å². The average molecular weight is 232 g/mol. The zero-order chi connectivity index (χ0) is 12.3. The Balaban J connectivity index is 2.02. The normalized spacial score (nSPS) is 17.0. The number of hydrogen-bond acceptors (Lipinski definition) is 4. The maximum atomic E-state index is 11.6. The second-order valence-electron chi connectivity index (χ2n) is 3.80. The van der Waals surface area contributed by atoms with Crippen molar-refractivity contribution in [2.24, 2.45) is 0 Å². The van der Waals surface area contributed by atoms with Crippen LogP contribution in [0.5, 0.6) is 0 Å². The molecule has 0 radical (unpaired) electrons. The zero-order valence-corrected chi connectivity index (χ0v) is 9.43. The summed E-state index contributed by atoms with van der Waals surface area (Å²) in [5.41, 5.74) is 1.92. The van der Waals surface area contributed by atoms with Crippen molar-refractivity contribution in [2.45, 2.75) is 13.3 Å². The Bertz CT molecular complexity index is 471. The molecule has 88 valence electrons. The smallest absolute Gasteiger partial charge is 0.342 e. The molecule has 1 aromatic rings. The standard InChI is InChI=1S/C13H12O4/c1-9-2-4-10(5-3-9)12(14)17-8-11-6-7-16-13(11)15/h2-5,8H,6-7H2,1H3/b11-8-. The largest absolute Gasteiger partial charge is 0.462 e. The van der Waals surface area contributed by atoms with Crippen molar-refractivity contribution in [1.29, 1.82) is 0 Å². The molecule has 1 aliphatic rings. The van der Waals surface area contributed by atoms with Gasteiger partial charge in [-0.25, -0.2) is 9.59 Å². The van der Waals surface area contributed by atoms with Gasteiger partial charge in [0, 0.05) is 6.42 Å². The minimum absolute atomic E-state index is 0.354. The topological polar surface area (TPSA) is 52.6 Å². The number of esters is 2. The predicted octanol–water partition coefficient (Wildman–Crippen LogP) is 1.98. The van der Waals surface area contributed by atoms with Crippen molar-refractivity contribution in [1.82, 2.24) is 0 Å². The lowest BCUT2D eigenvalue weighted by Gasteiger charge is -2.00. The summed E-state index contributed by atoms with van der Waals surface area (Å²) in [7, 11) is 0. The third-order valence-corrected chi connectivity index (χ3v) is 2.46. The first-order valence-electron chi connectivity index (χ1n) is 5.30. The van der Waals surface area contributed by atoms with Gasteiger partial charge in [-0.3, -0.25) is 0 Å². The molecule has 4 heteroatoms. The number of rotatable bonds is 2. The van der Waals surface area contributed by atoms with Crippen molar-refractivity contribution >= 4 is 11.9 Å². The fourth-order valence-corrected chi connectivity index (χ4v) is 1.44. The lowest BCUT2D eigenvalue weighted by atomic mass is 10.1. The number of cyclic esters (lactones) is 1. The Labute approximate surface area is 98.8 Å². The van der Waals surface area contributed by atoms with Crippen LogP contribution in [-0.4, -0.2) is 18.5 Å². The number of carbonyl (C=O) groups is 2. The van der Waals surface area contributed by atoms with Gasteiger partial charge in [0.1, 0.15) is 6.26 Å². The monoisotopic (exact) mass is 232 g/mol. The van der Waals surface area contributed by atoms with Gasteiger partial charge in [0.05, 0.1) is 17.7 Å². The summed E-state index contributed by atoms with van der Waals surface area (Å²) in [4.78, 5) is 22.7. The predicted molar refractivity (Wildman–Crippen MR) is 60.3 cm³/mol. The highest BCUT2D eigenvalue weighted by Crippen LogP contribution is 2.13. The number of benzene rings is 1. The number of hydrogen-bond donors (Lipinski definition) is 0. The van der Waals surface area contributed by atoms with E-state index < -0.39 is 11.9 Å². The second-order valence-corrected chi connectivity index (χ2v) is 3.80. The van der Waals surface area contributed by atoms with Gasteiger partial charge in [-0.2, -0.15) is 0 Å². The van der Waals surface area contributed by atoms with Gasteiger partial charge in [-0.1, -0.05) is 17.7 Å². The average Bonchev–Trinajstić information content (AvgIpc) is 2.73. The zero-order valence-electron chi connectivity index (χ0n) is 9.43. The molecule has 0 bridgehead atoms. The Morgan fingerprint density at radius 1 is 1.35 bits per heavy atom.